The molecule has 0 bridgehead atoms. The number of anilines is 1. The van der Waals surface area contributed by atoms with E-state index in [1.807, 2.05) is 17.5 Å². The number of benzene rings is 3. The molecule has 0 radical (unpaired) electrons. The normalized spacial score (nSPS) is 12.0. The molecule has 1 atom stereocenters. The molecule has 5 rings (SSSR count). The number of aromatic nitrogens is 1. The predicted octanol–water partition coefficient (Wildman–Crippen LogP) is 9.39. The van der Waals surface area contributed by atoms with Crippen LogP contribution in [-0.4, -0.2) is 29.0 Å². The number of methoxy groups -OCH3 is 1. The summed E-state index contributed by atoms with van der Waals surface area (Å²) in [4.78, 5) is 31.5. The van der Waals surface area contributed by atoms with Crippen LogP contribution in [0.3, 0.4) is 0 Å². The minimum atomic E-state index is -4.51. The smallest absolute Gasteiger partial charge is 0.416 e. The number of thioether (sulfide) groups is 1. The Kier molecular flexibility index (Phi) is 10.2. The van der Waals surface area contributed by atoms with Gasteiger partial charge in [0.1, 0.15) is 16.8 Å². The van der Waals surface area contributed by atoms with E-state index >= 15 is 0 Å². The second-order valence-corrected chi connectivity index (χ2v) is 12.5. The molecule has 2 heterocycles. The topological polar surface area (TPSA) is 92.1 Å². The van der Waals surface area contributed by atoms with Gasteiger partial charge in [0.25, 0.3) is 0 Å². The van der Waals surface area contributed by atoms with Crippen molar-refractivity contribution in [2.45, 2.75) is 23.4 Å². The maximum Gasteiger partial charge on any atom is 0.416 e. The van der Waals surface area contributed by atoms with Gasteiger partial charge in [-0.15, -0.1) is 11.3 Å². The number of alkyl halides is 3. The van der Waals surface area contributed by atoms with Gasteiger partial charge in [-0.2, -0.15) is 18.4 Å². The van der Waals surface area contributed by atoms with Gasteiger partial charge in [0.2, 0.25) is 5.91 Å². The number of rotatable bonds is 10. The fourth-order valence-corrected chi connectivity index (χ4v) is 6.08. The Hall–Kier alpha value is -5.18. The number of amides is 1. The zero-order chi connectivity index (χ0) is 33.6. The fraction of sp³-hybridized carbons (Fsp3) is 0.111. The lowest BCUT2D eigenvalue weighted by molar-refractivity contribution is -0.137. The number of hydrogen-bond donors (Lipinski definition) is 1. The molecule has 0 fully saturated rings. The van der Waals surface area contributed by atoms with Gasteiger partial charge in [-0.1, -0.05) is 42.1 Å². The molecule has 6 nitrogen and oxygen atoms in total. The van der Waals surface area contributed by atoms with Crippen molar-refractivity contribution >= 4 is 46.6 Å². The summed E-state index contributed by atoms with van der Waals surface area (Å²) in [7, 11) is 1.52. The number of pyridine rings is 1. The molecule has 3 aromatic carbocycles. The first-order valence-corrected chi connectivity index (χ1v) is 15.9. The highest BCUT2D eigenvalue weighted by Crippen LogP contribution is 2.38. The van der Waals surface area contributed by atoms with Crippen molar-refractivity contribution in [2.75, 3.05) is 12.4 Å². The zero-order valence-electron chi connectivity index (χ0n) is 25.0. The summed E-state index contributed by atoms with van der Waals surface area (Å²) in [5, 5.41) is 14.5. The highest BCUT2D eigenvalue weighted by Gasteiger charge is 2.30. The Balaban J connectivity index is 1.40. The molecule has 1 amide bonds. The van der Waals surface area contributed by atoms with Gasteiger partial charge in [0.15, 0.2) is 5.78 Å². The maximum absolute atomic E-state index is 13.3. The lowest BCUT2D eigenvalue weighted by atomic mass is 9.98. The van der Waals surface area contributed by atoms with Crippen molar-refractivity contribution in [3.8, 4) is 34.2 Å². The van der Waals surface area contributed by atoms with Crippen LogP contribution in [0.15, 0.2) is 107 Å². The molecule has 0 aliphatic rings. The summed E-state index contributed by atoms with van der Waals surface area (Å²) in [6, 6.07) is 25.7. The van der Waals surface area contributed by atoms with Gasteiger partial charge < -0.3 is 10.1 Å². The van der Waals surface area contributed by atoms with E-state index in [9.17, 15) is 28.0 Å². The van der Waals surface area contributed by atoms with Crippen LogP contribution < -0.4 is 10.1 Å². The summed E-state index contributed by atoms with van der Waals surface area (Å²) in [6.45, 7) is 1.66. The van der Waals surface area contributed by atoms with E-state index in [0.29, 0.717) is 39.4 Å². The molecule has 0 unspecified atom stereocenters. The number of allylic oxidation sites excluding steroid dienone is 1. The van der Waals surface area contributed by atoms with Crippen LogP contribution in [0.2, 0.25) is 0 Å². The van der Waals surface area contributed by atoms with Gasteiger partial charge in [0.05, 0.1) is 29.2 Å². The van der Waals surface area contributed by atoms with E-state index in [-0.39, 0.29) is 22.3 Å². The molecule has 1 N–H and O–H groups in total. The Bertz CT molecular complexity index is 1970. The standard InChI is InChI=1S/C36H26F3N3O3S2/c1-22(34(44)41-27-14-10-24(11-15-27)33(43)17-16-29-7-4-18-46-29)47-35-31(21-40)30(23-8-12-26(13-9-23)36(37,38)39)20-32(42-35)25-5-3-6-28(19-25)45-2/h3-20,22H,1-2H3,(H,41,44)/b17-16+/t22-/m0/s1. The number of thiophene rings is 1. The first-order chi connectivity index (χ1) is 22.5. The SMILES string of the molecule is COc1cccc(-c2cc(-c3ccc(C(F)(F)F)cc3)c(C#N)c(S[C@@H](C)C(=O)Nc3ccc(C(=O)/C=C/c4cccs4)cc3)n2)c1. The van der Waals surface area contributed by atoms with Crippen molar-refractivity contribution < 1.29 is 27.5 Å². The van der Waals surface area contributed by atoms with Crippen LogP contribution in [0.1, 0.15) is 33.3 Å². The second-order valence-electron chi connectivity index (χ2n) is 10.2. The van der Waals surface area contributed by atoms with E-state index < -0.39 is 17.0 Å². The van der Waals surface area contributed by atoms with E-state index in [1.165, 1.54) is 36.7 Å². The van der Waals surface area contributed by atoms with E-state index in [2.05, 4.69) is 11.4 Å². The van der Waals surface area contributed by atoms with Crippen LogP contribution >= 0.6 is 23.1 Å². The third-order valence-corrected chi connectivity index (χ3v) is 8.95. The molecular formula is C36H26F3N3O3S2. The number of carbonyl (C=O) groups is 2. The number of nitrogens with one attached hydrogen (secondary N) is 1. The highest BCUT2D eigenvalue weighted by atomic mass is 32.2. The van der Waals surface area contributed by atoms with E-state index in [1.54, 1.807) is 67.6 Å². The molecule has 0 aliphatic carbocycles. The number of ether oxygens (including phenoxy) is 1. The molecule has 5 aromatic rings. The first kappa shape index (κ1) is 33.2. The van der Waals surface area contributed by atoms with Crippen molar-refractivity contribution in [1.29, 1.82) is 5.26 Å². The Morgan fingerprint density at radius 3 is 2.38 bits per heavy atom. The molecule has 2 aromatic heterocycles. The Labute approximate surface area is 277 Å². The first-order valence-electron chi connectivity index (χ1n) is 14.2. The number of ketones is 1. The molecule has 11 heteroatoms. The molecule has 0 aliphatic heterocycles. The molecule has 47 heavy (non-hydrogen) atoms. The van der Waals surface area contributed by atoms with Gasteiger partial charge in [-0.25, -0.2) is 4.98 Å². The third-order valence-electron chi connectivity index (χ3n) is 7.02. The summed E-state index contributed by atoms with van der Waals surface area (Å²) < 4.78 is 45.1. The van der Waals surface area contributed by atoms with Gasteiger partial charge >= 0.3 is 6.18 Å². The number of halogens is 3. The zero-order valence-corrected chi connectivity index (χ0v) is 26.7. The molecule has 0 saturated heterocycles. The molecular weight excluding hydrogens is 644 g/mol. The average molecular weight is 670 g/mol. The maximum atomic E-state index is 13.3. The fourth-order valence-electron chi connectivity index (χ4n) is 4.53. The van der Waals surface area contributed by atoms with E-state index in [4.69, 9.17) is 9.72 Å². The average Bonchev–Trinajstić information content (AvgIpc) is 3.60. The van der Waals surface area contributed by atoms with Crippen LogP contribution in [-0.2, 0) is 11.0 Å². The number of nitrogens with zero attached hydrogens (tertiary/aromatic N) is 2. The quantitative estimate of drug-likeness (QED) is 0.0905. The lowest BCUT2D eigenvalue weighted by Crippen LogP contribution is -2.22. The van der Waals surface area contributed by atoms with Crippen molar-refractivity contribution in [3.63, 3.8) is 0 Å². The minimum Gasteiger partial charge on any atom is -0.497 e. The second kappa shape index (κ2) is 14.5. The van der Waals surface area contributed by atoms with Gasteiger partial charge in [-0.05, 0) is 90.7 Å². The summed E-state index contributed by atoms with van der Waals surface area (Å²) in [5.41, 5.74) is 2.12. The molecule has 236 valence electrons. The summed E-state index contributed by atoms with van der Waals surface area (Å²) in [5.74, 6) is 0.0215. The lowest BCUT2D eigenvalue weighted by Gasteiger charge is -2.16. The summed E-state index contributed by atoms with van der Waals surface area (Å²) in [6.07, 6.45) is -1.27. The Morgan fingerprint density at radius 1 is 1.00 bits per heavy atom. The highest BCUT2D eigenvalue weighted by molar-refractivity contribution is 8.00. The Morgan fingerprint density at radius 2 is 1.74 bits per heavy atom. The van der Waals surface area contributed by atoms with Crippen molar-refractivity contribution in [1.82, 2.24) is 4.98 Å². The van der Waals surface area contributed by atoms with Crippen molar-refractivity contribution in [3.05, 3.63) is 124 Å². The molecule has 0 saturated carbocycles. The van der Waals surface area contributed by atoms with Crippen LogP contribution in [0.5, 0.6) is 5.75 Å². The number of hydrogen-bond acceptors (Lipinski definition) is 7. The van der Waals surface area contributed by atoms with Crippen LogP contribution in [0, 0.1) is 11.3 Å². The third kappa shape index (κ3) is 8.16. The minimum absolute atomic E-state index is 0.125. The largest absolute Gasteiger partial charge is 0.497 e. The number of carbonyl (C=O) groups excluding carboxylic acids is 2. The van der Waals surface area contributed by atoms with Gasteiger partial charge in [0, 0.05) is 27.3 Å². The van der Waals surface area contributed by atoms with Crippen LogP contribution in [0.25, 0.3) is 28.5 Å². The van der Waals surface area contributed by atoms with Gasteiger partial charge in [-0.3, -0.25) is 9.59 Å². The predicted molar refractivity (Wildman–Crippen MR) is 179 cm³/mol. The van der Waals surface area contributed by atoms with E-state index in [0.717, 1.165) is 28.8 Å². The van der Waals surface area contributed by atoms with Crippen molar-refractivity contribution in [2.24, 2.45) is 0 Å². The molecule has 0 spiro atoms. The number of nitriles is 1. The van der Waals surface area contributed by atoms with Crippen LogP contribution in [0.4, 0.5) is 18.9 Å². The monoisotopic (exact) mass is 669 g/mol. The summed E-state index contributed by atoms with van der Waals surface area (Å²) >= 11 is 2.57.